The fourth-order valence-electron chi connectivity index (χ4n) is 6.51. The van der Waals surface area contributed by atoms with E-state index in [-0.39, 0.29) is 0 Å². The number of halogens is 3. The molecular weight excluding hydrogens is 841 g/mol. The average molecular weight is 900 g/mol. The Labute approximate surface area is 315 Å². The summed E-state index contributed by atoms with van der Waals surface area (Å²) in [7, 11) is -3.33. The largest absolute Gasteiger partial charge is 0.146 e. The SMILES string of the molecule is CC(C)[Si](C#Cc1ccc(I)c(Br)c1)(C(C)C)C(C)C.CC(C)[Si](C#Cc1ccc(N=[N+]=[N-])c(Br)c1)(C(C)C)C(C)C.CCCC. The van der Waals surface area contributed by atoms with Crippen molar-refractivity contribution in [3.63, 3.8) is 0 Å². The van der Waals surface area contributed by atoms with Crippen LogP contribution in [0.15, 0.2) is 50.5 Å². The summed E-state index contributed by atoms with van der Waals surface area (Å²) in [6, 6.07) is 12.0. The zero-order chi connectivity index (χ0) is 35.8. The van der Waals surface area contributed by atoms with Gasteiger partial charge < -0.3 is 0 Å². The highest BCUT2D eigenvalue weighted by molar-refractivity contribution is 14.1. The molecule has 46 heavy (non-hydrogen) atoms. The number of hydrogen-bond donors (Lipinski definition) is 0. The van der Waals surface area contributed by atoms with Gasteiger partial charge in [0.2, 0.25) is 0 Å². The van der Waals surface area contributed by atoms with Gasteiger partial charge in [-0.05, 0) is 108 Å². The molecule has 0 aliphatic heterocycles. The Hall–Kier alpha value is -1.01. The van der Waals surface area contributed by atoms with E-state index in [1.54, 1.807) is 6.07 Å². The molecule has 0 bridgehead atoms. The monoisotopic (exact) mass is 897 g/mol. The molecule has 0 unspecified atom stereocenters. The smallest absolute Gasteiger partial charge is 0.125 e. The first-order valence-electron chi connectivity index (χ1n) is 16.7. The number of benzene rings is 2. The summed E-state index contributed by atoms with van der Waals surface area (Å²) in [6.07, 6.45) is 2.64. The third kappa shape index (κ3) is 12.8. The molecule has 3 nitrogen and oxygen atoms in total. The molecule has 0 heterocycles. The van der Waals surface area contributed by atoms with E-state index in [0.29, 0.717) is 38.9 Å². The summed E-state index contributed by atoms with van der Waals surface area (Å²) in [4.78, 5) is 2.82. The molecule has 0 amide bonds. The maximum atomic E-state index is 8.52. The molecule has 0 spiro atoms. The second-order valence-corrected chi connectivity index (χ2v) is 27.8. The van der Waals surface area contributed by atoms with Crippen molar-refractivity contribution in [2.45, 2.75) is 143 Å². The van der Waals surface area contributed by atoms with Gasteiger partial charge in [0.1, 0.15) is 16.1 Å². The molecule has 254 valence electrons. The Morgan fingerprint density at radius 1 is 0.652 bits per heavy atom. The number of azide groups is 1. The van der Waals surface area contributed by atoms with Gasteiger partial charge in [0.25, 0.3) is 0 Å². The van der Waals surface area contributed by atoms with Gasteiger partial charge in [-0.25, -0.2) is 0 Å². The average Bonchev–Trinajstić information content (AvgIpc) is 2.96. The van der Waals surface area contributed by atoms with E-state index in [4.69, 9.17) is 5.53 Å². The maximum absolute atomic E-state index is 8.52. The van der Waals surface area contributed by atoms with Gasteiger partial charge in [0, 0.05) is 28.6 Å². The number of hydrogen-bond acceptors (Lipinski definition) is 1. The van der Waals surface area contributed by atoms with E-state index in [1.807, 2.05) is 12.1 Å². The van der Waals surface area contributed by atoms with E-state index in [1.165, 1.54) is 16.4 Å². The van der Waals surface area contributed by atoms with Gasteiger partial charge in [-0.2, -0.15) is 0 Å². The van der Waals surface area contributed by atoms with Crippen molar-refractivity contribution in [1.29, 1.82) is 0 Å². The number of nitrogens with zero attached hydrogens (tertiary/aromatic N) is 3. The predicted molar refractivity (Wildman–Crippen MR) is 226 cm³/mol. The van der Waals surface area contributed by atoms with Crippen LogP contribution < -0.4 is 0 Å². The Morgan fingerprint density at radius 3 is 1.28 bits per heavy atom. The van der Waals surface area contributed by atoms with Crippen molar-refractivity contribution in [1.82, 2.24) is 0 Å². The Morgan fingerprint density at radius 2 is 1.00 bits per heavy atom. The molecule has 0 N–H and O–H groups in total. The van der Waals surface area contributed by atoms with Crippen LogP contribution in [0.3, 0.4) is 0 Å². The van der Waals surface area contributed by atoms with Crippen LogP contribution in [0.25, 0.3) is 10.4 Å². The quantitative estimate of drug-likeness (QED) is 0.0633. The lowest BCUT2D eigenvalue weighted by Crippen LogP contribution is -2.43. The first kappa shape index (κ1) is 45.0. The van der Waals surface area contributed by atoms with Crippen LogP contribution in [0, 0.1) is 26.5 Å². The van der Waals surface area contributed by atoms with Crippen LogP contribution >= 0.6 is 54.5 Å². The fraction of sp³-hybridized carbons (Fsp3) is 0.579. The molecule has 0 aromatic heterocycles. The molecule has 8 heteroatoms. The Balaban J connectivity index is 0.000000791. The summed E-state index contributed by atoms with van der Waals surface area (Å²) >= 11 is 9.35. The van der Waals surface area contributed by atoms with Crippen molar-refractivity contribution in [2.24, 2.45) is 5.11 Å². The molecule has 0 saturated carbocycles. The minimum absolute atomic E-state index is 0.591. The van der Waals surface area contributed by atoms with Gasteiger partial charge in [-0.15, -0.1) is 11.1 Å². The third-order valence-electron chi connectivity index (χ3n) is 9.10. The standard InChI is InChI=1S/C17H24BrISi.C17H24BrN3Si.C4H10/c1-12(2)20(13(3)4,14(5)6)10-9-15-7-8-17(19)16(18)11-15;1-12(2)22(13(3)4,14(5)6)10-9-15-7-8-17(20-21-19)16(18)11-15;1-3-4-2/h7-8,11-14H,1-6H3;7-8,11-14H,1-6H3;3-4H2,1-2H3. The molecule has 0 saturated heterocycles. The highest BCUT2D eigenvalue weighted by Gasteiger charge is 2.42. The summed E-state index contributed by atoms with van der Waals surface area (Å²) in [5.41, 5.74) is 22.5. The maximum Gasteiger partial charge on any atom is 0.146 e. The molecular formula is C38H58Br2IN3Si2. The molecule has 2 rings (SSSR count). The van der Waals surface area contributed by atoms with Gasteiger partial charge >= 0.3 is 0 Å². The van der Waals surface area contributed by atoms with Crippen LogP contribution in [-0.4, -0.2) is 16.1 Å². The third-order valence-corrected chi connectivity index (χ3v) is 24.7. The topological polar surface area (TPSA) is 48.8 Å². The normalized spacial score (nSPS) is 11.3. The first-order valence-corrected chi connectivity index (χ1v) is 23.9. The highest BCUT2D eigenvalue weighted by Crippen LogP contribution is 2.42. The molecule has 2 aromatic rings. The minimum Gasteiger partial charge on any atom is -0.125 e. The van der Waals surface area contributed by atoms with E-state index in [2.05, 4.69) is 203 Å². The lowest BCUT2D eigenvalue weighted by Gasteiger charge is -2.38. The predicted octanol–water partition coefficient (Wildman–Crippen LogP) is 15.4. The van der Waals surface area contributed by atoms with Crippen LogP contribution in [0.5, 0.6) is 0 Å². The lowest BCUT2D eigenvalue weighted by molar-refractivity contribution is 0.838. The van der Waals surface area contributed by atoms with E-state index >= 15 is 0 Å². The lowest BCUT2D eigenvalue weighted by atomic mass is 10.2. The summed E-state index contributed by atoms with van der Waals surface area (Å²) in [6.45, 7) is 32.3. The van der Waals surface area contributed by atoms with E-state index in [0.717, 1.165) is 20.1 Å². The van der Waals surface area contributed by atoms with E-state index < -0.39 is 16.1 Å². The Kier molecular flexibility index (Phi) is 21.4. The summed E-state index contributed by atoms with van der Waals surface area (Å²) in [5.74, 6) is 6.86. The van der Waals surface area contributed by atoms with Crippen LogP contribution in [0.2, 0.25) is 33.2 Å². The molecule has 0 fully saturated rings. The molecule has 0 aliphatic carbocycles. The zero-order valence-corrected chi connectivity index (χ0v) is 38.1. The summed E-state index contributed by atoms with van der Waals surface area (Å²) < 4.78 is 3.15. The molecule has 0 aliphatic rings. The number of unbranched alkanes of at least 4 members (excludes halogenated alkanes) is 1. The summed E-state index contributed by atoms with van der Waals surface area (Å²) in [5, 5.41) is 3.64. The van der Waals surface area contributed by atoms with Crippen LogP contribution in [-0.2, 0) is 0 Å². The fourth-order valence-corrected chi connectivity index (χ4v) is 18.1. The molecule has 0 radical (unpaired) electrons. The van der Waals surface area contributed by atoms with Gasteiger partial charge in [-0.3, -0.25) is 0 Å². The minimum atomic E-state index is -1.71. The number of rotatable bonds is 8. The van der Waals surface area contributed by atoms with Crippen molar-refractivity contribution in [3.8, 4) is 22.9 Å². The second-order valence-electron chi connectivity index (χ2n) is 13.8. The first-order chi connectivity index (χ1) is 21.4. The van der Waals surface area contributed by atoms with Gasteiger partial charge in [0.05, 0.1) is 5.69 Å². The highest BCUT2D eigenvalue weighted by atomic mass is 127. The van der Waals surface area contributed by atoms with Crippen molar-refractivity contribution in [2.75, 3.05) is 0 Å². The zero-order valence-electron chi connectivity index (χ0n) is 30.8. The molecule has 2 aromatic carbocycles. The van der Waals surface area contributed by atoms with Gasteiger partial charge in [-0.1, -0.05) is 149 Å². The van der Waals surface area contributed by atoms with Gasteiger partial charge in [0.15, 0.2) is 0 Å². The van der Waals surface area contributed by atoms with Crippen molar-refractivity contribution < 1.29 is 0 Å². The van der Waals surface area contributed by atoms with Crippen LogP contribution in [0.1, 0.15) is 121 Å². The van der Waals surface area contributed by atoms with E-state index in [9.17, 15) is 0 Å². The van der Waals surface area contributed by atoms with Crippen molar-refractivity contribution in [3.05, 3.63) is 70.5 Å². The Bertz CT molecular complexity index is 1360. The second kappa shape index (κ2) is 21.9. The van der Waals surface area contributed by atoms with Crippen molar-refractivity contribution >= 4 is 76.3 Å². The molecule has 0 atom stereocenters. The van der Waals surface area contributed by atoms with Crippen LogP contribution in [0.4, 0.5) is 5.69 Å².